The summed E-state index contributed by atoms with van der Waals surface area (Å²) in [5.74, 6) is -1.25. The topological polar surface area (TPSA) is 303 Å². The van der Waals surface area contributed by atoms with Gasteiger partial charge in [0.05, 0.1) is 58.1 Å². The molecule has 266 valence electrons. The van der Waals surface area contributed by atoms with Gasteiger partial charge in [-0.05, 0) is 11.1 Å². The van der Waals surface area contributed by atoms with Gasteiger partial charge >= 0.3 is 59.1 Å². The molecule has 0 aliphatic carbocycles. The molecule has 2 heterocycles. The normalized spacial score (nSPS) is 10.9. The van der Waals surface area contributed by atoms with Crippen molar-refractivity contribution in [2.75, 3.05) is 84.6 Å². The van der Waals surface area contributed by atoms with Gasteiger partial charge < -0.3 is 40.0 Å². The van der Waals surface area contributed by atoms with Crippen LogP contribution < -0.4 is 79.7 Å². The summed E-state index contributed by atoms with van der Waals surface area (Å²) < 4.78 is 66.0. The molecule has 0 atom stereocenters. The summed E-state index contributed by atoms with van der Waals surface area (Å²) >= 11 is 0. The largest absolute Gasteiger partial charge is 1.00 e. The van der Waals surface area contributed by atoms with E-state index in [1.54, 1.807) is 24.3 Å². The van der Waals surface area contributed by atoms with E-state index in [1.807, 2.05) is 0 Å². The molecule has 0 bridgehead atoms. The van der Waals surface area contributed by atoms with Crippen LogP contribution in [-0.2, 0) is 33.1 Å². The Morgan fingerprint density at radius 2 is 1.10 bits per heavy atom. The molecule has 1 aromatic carbocycles. The van der Waals surface area contributed by atoms with Crippen LogP contribution in [0.3, 0.4) is 0 Å². The standard InChI is InChI=1S/C24H36N10O10S2.C2H4.2Na/c35-9-6-33(7-10-36)23-29-19(27-21(31-23)25-4-12-45(39,40)41)15-17-2-1-3-18(14-17)16-20-28-22(26-5-13-46(42,43)44)32-24(30-20)34(38)8-11-37;1-2;;/h1-3,14,35-38H,4-13,15-16H2,(H,39,40,41)(H,42,43,44)(H,25,27,29,31)(H,26,28,30,32);1-2H2;;/q;;2*+1/p-2. The summed E-state index contributed by atoms with van der Waals surface area (Å²) in [6.07, 6.45) is 0.272. The predicted molar refractivity (Wildman–Crippen MR) is 172 cm³/mol. The first-order valence-corrected chi connectivity index (χ1v) is 17.4. The molecule has 20 nitrogen and oxygen atoms in total. The van der Waals surface area contributed by atoms with Crippen molar-refractivity contribution < 1.29 is 106 Å². The van der Waals surface area contributed by atoms with Crippen molar-refractivity contribution in [3.63, 3.8) is 0 Å². The molecule has 0 aliphatic heterocycles. The summed E-state index contributed by atoms with van der Waals surface area (Å²) in [7, 11) is -9.00. The molecule has 0 saturated carbocycles. The monoisotopic (exact) mass is 760 g/mol. The van der Waals surface area contributed by atoms with Gasteiger partial charge in [-0.3, -0.25) is 5.21 Å². The fourth-order valence-electron chi connectivity index (χ4n) is 3.93. The summed E-state index contributed by atoms with van der Waals surface area (Å²) in [6, 6.07) is 7.10. The van der Waals surface area contributed by atoms with E-state index < -0.39 is 38.3 Å². The summed E-state index contributed by atoms with van der Waals surface area (Å²) in [5.41, 5.74) is 1.42. The number of nitrogens with one attached hydrogen (secondary N) is 2. The minimum atomic E-state index is -4.50. The number of aliphatic hydroxyl groups excluding tert-OH is 3. The molecule has 0 aliphatic rings. The summed E-state index contributed by atoms with van der Waals surface area (Å²) in [4.78, 5) is 27.0. The molecule has 50 heavy (non-hydrogen) atoms. The Bertz CT molecular complexity index is 1670. The van der Waals surface area contributed by atoms with Gasteiger partial charge in [0.15, 0.2) is 0 Å². The van der Waals surface area contributed by atoms with Gasteiger partial charge in [0.25, 0.3) is 5.95 Å². The molecular weight excluding hydrogens is 722 g/mol. The zero-order chi connectivity index (χ0) is 35.7. The van der Waals surface area contributed by atoms with Crippen molar-refractivity contribution >= 4 is 44.0 Å². The van der Waals surface area contributed by atoms with Gasteiger partial charge in [-0.25, -0.2) is 21.9 Å². The summed E-state index contributed by atoms with van der Waals surface area (Å²) in [5, 5.41) is 44.2. The number of rotatable bonds is 20. The second-order valence-corrected chi connectivity index (χ2v) is 12.6. The van der Waals surface area contributed by atoms with Crippen LogP contribution in [0.25, 0.3) is 0 Å². The van der Waals surface area contributed by atoms with Gasteiger partial charge in [0, 0.05) is 39.0 Å². The fraction of sp³-hybridized carbons (Fsp3) is 0.462. The van der Waals surface area contributed by atoms with Crippen molar-refractivity contribution in [2.24, 2.45) is 0 Å². The van der Waals surface area contributed by atoms with Crippen molar-refractivity contribution in [3.05, 3.63) is 60.2 Å². The van der Waals surface area contributed by atoms with Gasteiger partial charge in [0.2, 0.25) is 17.8 Å². The number of anilines is 4. The predicted octanol–water partition coefficient (Wildman–Crippen LogP) is -8.06. The fourth-order valence-corrected chi connectivity index (χ4v) is 4.63. The van der Waals surface area contributed by atoms with Crippen LogP contribution in [0.5, 0.6) is 0 Å². The van der Waals surface area contributed by atoms with Crippen LogP contribution in [0.4, 0.5) is 23.8 Å². The molecule has 0 radical (unpaired) electrons. The smallest absolute Gasteiger partial charge is 0.748 e. The van der Waals surface area contributed by atoms with Crippen LogP contribution >= 0.6 is 0 Å². The molecular formula is C26H38N10Na2O10S2. The first kappa shape index (κ1) is 47.8. The molecule has 0 saturated heterocycles. The first-order valence-electron chi connectivity index (χ1n) is 14.2. The van der Waals surface area contributed by atoms with Crippen molar-refractivity contribution in [2.45, 2.75) is 12.8 Å². The molecule has 3 rings (SSSR count). The van der Waals surface area contributed by atoms with Crippen LogP contribution in [0.2, 0.25) is 0 Å². The molecule has 0 amide bonds. The zero-order valence-corrected chi connectivity index (χ0v) is 33.5. The molecule has 24 heteroatoms. The minimum absolute atomic E-state index is 0. The Morgan fingerprint density at radius 1 is 0.680 bits per heavy atom. The van der Waals surface area contributed by atoms with Crippen LogP contribution in [0.1, 0.15) is 22.8 Å². The van der Waals surface area contributed by atoms with E-state index in [9.17, 15) is 46.5 Å². The summed E-state index contributed by atoms with van der Waals surface area (Å²) in [6.45, 7) is 4.47. The van der Waals surface area contributed by atoms with Gasteiger partial charge in [0.1, 0.15) is 11.6 Å². The maximum Gasteiger partial charge on any atom is 1.00 e. The molecule has 0 spiro atoms. The van der Waals surface area contributed by atoms with E-state index in [0.29, 0.717) is 10.6 Å². The maximum atomic E-state index is 11.0. The Kier molecular flexibility index (Phi) is 23.1. The van der Waals surface area contributed by atoms with Crippen LogP contribution in [0, 0.1) is 0 Å². The Balaban J connectivity index is 0.00000589. The van der Waals surface area contributed by atoms with Crippen molar-refractivity contribution in [1.29, 1.82) is 0 Å². The number of benzene rings is 1. The third-order valence-electron chi connectivity index (χ3n) is 5.89. The van der Waals surface area contributed by atoms with E-state index in [-0.39, 0.29) is 153 Å². The Labute approximate surface area is 334 Å². The maximum absolute atomic E-state index is 11.0. The Hall–Kier alpha value is -2.16. The molecule has 0 fully saturated rings. The SMILES string of the molecule is C=C.O=S(=O)([O-])CCNc1nc(Cc2cccc(Cc3nc(NCCS(=O)(=O)[O-])nc(N(CCO)CCO)n3)c2)nc(N(O)CCO)n1.[Na+].[Na+]. The quantitative estimate of drug-likeness (QED) is 0.0270. The van der Waals surface area contributed by atoms with Crippen LogP contribution in [-0.4, -0.2) is 140 Å². The molecule has 6 N–H and O–H groups in total. The number of nitrogens with zero attached hydrogens (tertiary/aromatic N) is 8. The number of aromatic nitrogens is 6. The average Bonchev–Trinajstić information content (AvgIpc) is 3.01. The number of hydrogen-bond donors (Lipinski definition) is 6. The van der Waals surface area contributed by atoms with Gasteiger partial charge in [-0.15, -0.1) is 13.2 Å². The number of hydroxylamine groups is 1. The van der Waals surface area contributed by atoms with Gasteiger partial charge in [-0.2, -0.15) is 29.9 Å². The van der Waals surface area contributed by atoms with Crippen LogP contribution in [0.15, 0.2) is 37.4 Å². The van der Waals surface area contributed by atoms with E-state index in [1.165, 1.54) is 4.90 Å². The van der Waals surface area contributed by atoms with E-state index in [4.69, 9.17) is 0 Å². The average molecular weight is 761 g/mol. The third kappa shape index (κ3) is 18.4. The van der Waals surface area contributed by atoms with Crippen molar-refractivity contribution in [3.8, 4) is 0 Å². The third-order valence-corrected chi connectivity index (χ3v) is 7.30. The number of hydrogen-bond acceptors (Lipinski definition) is 20. The second-order valence-electron chi connectivity index (χ2n) is 9.58. The van der Waals surface area contributed by atoms with E-state index >= 15 is 0 Å². The molecule has 2 aromatic heterocycles. The second kappa shape index (κ2) is 24.2. The van der Waals surface area contributed by atoms with Crippen molar-refractivity contribution in [1.82, 2.24) is 29.9 Å². The molecule has 0 unspecified atom stereocenters. The molecule has 3 aromatic rings. The first-order chi connectivity index (χ1) is 22.8. The van der Waals surface area contributed by atoms with E-state index in [2.05, 4.69) is 53.7 Å². The van der Waals surface area contributed by atoms with E-state index in [0.717, 1.165) is 5.56 Å². The zero-order valence-electron chi connectivity index (χ0n) is 27.8. The minimum Gasteiger partial charge on any atom is -0.748 e. The van der Waals surface area contributed by atoms with Gasteiger partial charge in [-0.1, -0.05) is 24.3 Å². The Morgan fingerprint density at radius 3 is 1.52 bits per heavy atom. The number of aliphatic hydroxyl groups is 3.